The Morgan fingerprint density at radius 2 is 2.12 bits per heavy atom. The van der Waals surface area contributed by atoms with Crippen molar-refractivity contribution in [1.29, 1.82) is 0 Å². The molecule has 1 fully saturated rings. The van der Waals surface area contributed by atoms with Crippen molar-refractivity contribution in [2.75, 3.05) is 20.2 Å². The first-order chi connectivity index (χ1) is 7.56. The zero-order chi connectivity index (χ0) is 12.2. The van der Waals surface area contributed by atoms with Gasteiger partial charge in [-0.3, -0.25) is 4.99 Å². The molecule has 2 atom stereocenters. The SMILES string of the molecule is CCN=C(NCC)NC1CC(OC)C1(C)C. The fourth-order valence-corrected chi connectivity index (χ4v) is 2.17. The highest BCUT2D eigenvalue weighted by molar-refractivity contribution is 5.80. The number of rotatable bonds is 4. The molecular formula is C12H25N3O. The quantitative estimate of drug-likeness (QED) is 0.563. The number of hydrogen-bond donors (Lipinski definition) is 2. The van der Waals surface area contributed by atoms with E-state index in [9.17, 15) is 0 Å². The highest BCUT2D eigenvalue weighted by atomic mass is 16.5. The molecule has 1 saturated carbocycles. The minimum atomic E-state index is 0.179. The highest BCUT2D eigenvalue weighted by Gasteiger charge is 2.48. The third-order valence-electron chi connectivity index (χ3n) is 3.43. The van der Waals surface area contributed by atoms with E-state index in [1.807, 2.05) is 6.92 Å². The van der Waals surface area contributed by atoms with Crippen molar-refractivity contribution in [1.82, 2.24) is 10.6 Å². The van der Waals surface area contributed by atoms with E-state index in [0.717, 1.165) is 25.5 Å². The Labute approximate surface area is 98.9 Å². The van der Waals surface area contributed by atoms with Gasteiger partial charge in [-0.1, -0.05) is 13.8 Å². The Hall–Kier alpha value is -0.770. The standard InChI is InChI=1S/C12H25N3O/c1-6-13-11(14-7-2)15-9-8-10(16-5)12(9,3)4/h9-10H,6-8H2,1-5H3,(H2,13,14,15). The molecule has 0 aromatic carbocycles. The van der Waals surface area contributed by atoms with Crippen molar-refractivity contribution >= 4 is 5.96 Å². The summed E-state index contributed by atoms with van der Waals surface area (Å²) in [5.74, 6) is 0.914. The summed E-state index contributed by atoms with van der Waals surface area (Å²) in [6.45, 7) is 10.3. The van der Waals surface area contributed by atoms with Crippen LogP contribution in [0.5, 0.6) is 0 Å². The average molecular weight is 227 g/mol. The highest BCUT2D eigenvalue weighted by Crippen LogP contribution is 2.42. The van der Waals surface area contributed by atoms with Crippen molar-refractivity contribution in [3.05, 3.63) is 0 Å². The molecule has 94 valence electrons. The molecule has 4 nitrogen and oxygen atoms in total. The summed E-state index contributed by atoms with van der Waals surface area (Å²) >= 11 is 0. The van der Waals surface area contributed by atoms with Crippen molar-refractivity contribution in [3.8, 4) is 0 Å². The molecular weight excluding hydrogens is 202 g/mol. The van der Waals surface area contributed by atoms with E-state index >= 15 is 0 Å². The van der Waals surface area contributed by atoms with Gasteiger partial charge < -0.3 is 15.4 Å². The van der Waals surface area contributed by atoms with Crippen LogP contribution in [0.1, 0.15) is 34.1 Å². The molecule has 2 unspecified atom stereocenters. The van der Waals surface area contributed by atoms with Crippen LogP contribution in [0.3, 0.4) is 0 Å². The topological polar surface area (TPSA) is 45.7 Å². The molecule has 0 radical (unpaired) electrons. The van der Waals surface area contributed by atoms with Crippen LogP contribution >= 0.6 is 0 Å². The summed E-state index contributed by atoms with van der Waals surface area (Å²) < 4.78 is 5.43. The molecule has 0 aromatic rings. The summed E-state index contributed by atoms with van der Waals surface area (Å²) in [6, 6.07) is 0.446. The zero-order valence-electron chi connectivity index (χ0n) is 11.1. The average Bonchev–Trinajstić information content (AvgIpc) is 2.24. The number of aliphatic imine (C=N–C) groups is 1. The van der Waals surface area contributed by atoms with E-state index in [-0.39, 0.29) is 5.41 Å². The van der Waals surface area contributed by atoms with E-state index in [1.165, 1.54) is 0 Å². The summed E-state index contributed by atoms with van der Waals surface area (Å²) in [7, 11) is 1.79. The Bertz CT molecular complexity index is 251. The number of hydrogen-bond acceptors (Lipinski definition) is 2. The van der Waals surface area contributed by atoms with Gasteiger partial charge in [-0.25, -0.2) is 0 Å². The fourth-order valence-electron chi connectivity index (χ4n) is 2.17. The van der Waals surface area contributed by atoms with E-state index in [4.69, 9.17) is 4.74 Å². The first kappa shape index (κ1) is 13.3. The fraction of sp³-hybridized carbons (Fsp3) is 0.917. The third kappa shape index (κ3) is 2.67. The van der Waals surface area contributed by atoms with Crippen LogP contribution in [0.4, 0.5) is 0 Å². The molecule has 2 N–H and O–H groups in total. The van der Waals surface area contributed by atoms with Crippen LogP contribution in [-0.4, -0.2) is 38.3 Å². The molecule has 1 aliphatic carbocycles. The molecule has 16 heavy (non-hydrogen) atoms. The van der Waals surface area contributed by atoms with Crippen molar-refractivity contribution in [2.45, 2.75) is 46.3 Å². The monoisotopic (exact) mass is 227 g/mol. The zero-order valence-corrected chi connectivity index (χ0v) is 11.1. The van der Waals surface area contributed by atoms with Gasteiger partial charge in [-0.05, 0) is 20.3 Å². The van der Waals surface area contributed by atoms with Crippen LogP contribution in [-0.2, 0) is 4.74 Å². The Morgan fingerprint density at radius 3 is 2.56 bits per heavy atom. The van der Waals surface area contributed by atoms with Crippen molar-refractivity contribution in [2.24, 2.45) is 10.4 Å². The molecule has 1 rings (SSSR count). The summed E-state index contributed by atoms with van der Waals surface area (Å²) in [4.78, 5) is 4.41. The van der Waals surface area contributed by atoms with E-state index in [0.29, 0.717) is 12.1 Å². The number of nitrogens with one attached hydrogen (secondary N) is 2. The van der Waals surface area contributed by atoms with Gasteiger partial charge in [-0.2, -0.15) is 0 Å². The molecule has 0 aromatic heterocycles. The predicted octanol–water partition coefficient (Wildman–Crippen LogP) is 1.37. The van der Waals surface area contributed by atoms with Gasteiger partial charge in [0.05, 0.1) is 6.10 Å². The third-order valence-corrected chi connectivity index (χ3v) is 3.43. The first-order valence-electron chi connectivity index (χ1n) is 6.13. The number of guanidine groups is 1. The number of nitrogens with zero attached hydrogens (tertiary/aromatic N) is 1. The predicted molar refractivity (Wildman–Crippen MR) is 67.8 cm³/mol. The minimum Gasteiger partial charge on any atom is -0.381 e. The second-order valence-corrected chi connectivity index (χ2v) is 4.83. The molecule has 1 aliphatic rings. The molecule has 0 saturated heterocycles. The lowest BCUT2D eigenvalue weighted by atomic mass is 9.64. The molecule has 0 aliphatic heterocycles. The summed E-state index contributed by atoms with van der Waals surface area (Å²) in [6.07, 6.45) is 1.41. The second-order valence-electron chi connectivity index (χ2n) is 4.83. The lowest BCUT2D eigenvalue weighted by molar-refractivity contribution is -0.0922. The molecule has 4 heteroatoms. The van der Waals surface area contributed by atoms with Crippen LogP contribution in [0, 0.1) is 5.41 Å². The number of ether oxygens (including phenoxy) is 1. The normalized spacial score (nSPS) is 28.4. The maximum atomic E-state index is 5.43. The maximum absolute atomic E-state index is 5.43. The van der Waals surface area contributed by atoms with E-state index in [1.54, 1.807) is 7.11 Å². The van der Waals surface area contributed by atoms with Crippen molar-refractivity contribution < 1.29 is 4.74 Å². The van der Waals surface area contributed by atoms with Gasteiger partial charge in [0.1, 0.15) is 0 Å². The largest absolute Gasteiger partial charge is 0.381 e. The van der Waals surface area contributed by atoms with Crippen LogP contribution in [0.25, 0.3) is 0 Å². The van der Waals surface area contributed by atoms with Gasteiger partial charge in [0.25, 0.3) is 0 Å². The summed E-state index contributed by atoms with van der Waals surface area (Å²) in [5, 5.41) is 6.72. The second kappa shape index (κ2) is 5.53. The lowest BCUT2D eigenvalue weighted by Gasteiger charge is -2.51. The Morgan fingerprint density at radius 1 is 1.44 bits per heavy atom. The van der Waals surface area contributed by atoms with Gasteiger partial charge in [0.2, 0.25) is 0 Å². The number of methoxy groups -OCH3 is 1. The van der Waals surface area contributed by atoms with Gasteiger partial charge in [-0.15, -0.1) is 0 Å². The Balaban J connectivity index is 2.52. The Kier molecular flexibility index (Phi) is 4.59. The molecule has 0 bridgehead atoms. The first-order valence-corrected chi connectivity index (χ1v) is 6.13. The van der Waals surface area contributed by atoms with E-state index in [2.05, 4.69) is 36.4 Å². The van der Waals surface area contributed by atoms with Crippen LogP contribution < -0.4 is 10.6 Å². The maximum Gasteiger partial charge on any atom is 0.191 e. The lowest BCUT2D eigenvalue weighted by Crippen LogP contribution is -2.63. The van der Waals surface area contributed by atoms with Gasteiger partial charge in [0, 0.05) is 31.7 Å². The van der Waals surface area contributed by atoms with Gasteiger partial charge in [0.15, 0.2) is 5.96 Å². The van der Waals surface area contributed by atoms with Crippen molar-refractivity contribution in [3.63, 3.8) is 0 Å². The molecule has 0 heterocycles. The molecule has 0 amide bonds. The van der Waals surface area contributed by atoms with Crippen LogP contribution in [0.15, 0.2) is 4.99 Å². The van der Waals surface area contributed by atoms with Crippen LogP contribution in [0.2, 0.25) is 0 Å². The van der Waals surface area contributed by atoms with Gasteiger partial charge >= 0.3 is 0 Å². The molecule has 0 spiro atoms. The smallest absolute Gasteiger partial charge is 0.191 e. The minimum absolute atomic E-state index is 0.179. The summed E-state index contributed by atoms with van der Waals surface area (Å²) in [5.41, 5.74) is 0.179. The van der Waals surface area contributed by atoms with E-state index < -0.39 is 0 Å².